The van der Waals surface area contributed by atoms with Crippen LogP contribution in [0.4, 0.5) is 8.78 Å². The summed E-state index contributed by atoms with van der Waals surface area (Å²) in [4.78, 5) is 11.4. The standard InChI is InChI=1S/C10H10F2O3S/c1-2-16(14,15)6-10(13)7-3-4-8(11)9(12)5-7/h3-5H,2,6H2,1H3. The first-order valence-electron chi connectivity index (χ1n) is 4.54. The number of hydrogen-bond acceptors (Lipinski definition) is 3. The van der Waals surface area contributed by atoms with E-state index in [1.165, 1.54) is 6.92 Å². The first kappa shape index (κ1) is 12.8. The number of carbonyl (C=O) groups is 1. The van der Waals surface area contributed by atoms with Gasteiger partial charge in [-0.25, -0.2) is 17.2 Å². The molecule has 0 heterocycles. The zero-order chi connectivity index (χ0) is 12.3. The summed E-state index contributed by atoms with van der Waals surface area (Å²) in [5, 5.41) is 0. The second-order valence-corrected chi connectivity index (χ2v) is 5.58. The van der Waals surface area contributed by atoms with E-state index in [1.54, 1.807) is 0 Å². The normalized spacial score (nSPS) is 11.4. The molecule has 1 rings (SSSR count). The predicted octanol–water partition coefficient (Wildman–Crippen LogP) is 1.58. The van der Waals surface area contributed by atoms with Crippen LogP contribution in [-0.2, 0) is 9.84 Å². The van der Waals surface area contributed by atoms with Gasteiger partial charge in [-0.3, -0.25) is 4.79 Å². The molecule has 0 saturated heterocycles. The van der Waals surface area contributed by atoms with Crippen LogP contribution >= 0.6 is 0 Å². The maximum absolute atomic E-state index is 12.8. The molecule has 0 aliphatic carbocycles. The molecule has 0 aromatic heterocycles. The largest absolute Gasteiger partial charge is 0.293 e. The van der Waals surface area contributed by atoms with Crippen molar-refractivity contribution in [3.8, 4) is 0 Å². The van der Waals surface area contributed by atoms with Crippen LogP contribution in [-0.4, -0.2) is 25.7 Å². The fraction of sp³-hybridized carbons (Fsp3) is 0.300. The van der Waals surface area contributed by atoms with Crippen LogP contribution in [0, 0.1) is 11.6 Å². The minimum Gasteiger partial charge on any atom is -0.293 e. The summed E-state index contributed by atoms with van der Waals surface area (Å²) in [7, 11) is -3.46. The first-order valence-corrected chi connectivity index (χ1v) is 6.36. The van der Waals surface area contributed by atoms with Crippen molar-refractivity contribution in [2.75, 3.05) is 11.5 Å². The van der Waals surface area contributed by atoms with Crippen LogP contribution in [0.25, 0.3) is 0 Å². The molecule has 1 aromatic rings. The summed E-state index contributed by atoms with van der Waals surface area (Å²) in [5.74, 6) is -3.83. The smallest absolute Gasteiger partial charge is 0.177 e. The van der Waals surface area contributed by atoms with Gasteiger partial charge in [0, 0.05) is 11.3 Å². The third-order valence-corrected chi connectivity index (χ3v) is 3.61. The highest BCUT2D eigenvalue weighted by Gasteiger charge is 2.17. The molecule has 0 aliphatic heterocycles. The van der Waals surface area contributed by atoms with Gasteiger partial charge in [0.05, 0.1) is 0 Å². The Morgan fingerprint density at radius 1 is 1.25 bits per heavy atom. The summed E-state index contributed by atoms with van der Waals surface area (Å²) in [5.41, 5.74) is -0.143. The summed E-state index contributed by atoms with van der Waals surface area (Å²) >= 11 is 0. The fourth-order valence-electron chi connectivity index (χ4n) is 1.05. The molecule has 0 aliphatic rings. The Hall–Kier alpha value is -1.30. The second kappa shape index (κ2) is 4.69. The highest BCUT2D eigenvalue weighted by atomic mass is 32.2. The first-order chi connectivity index (χ1) is 7.35. The highest BCUT2D eigenvalue weighted by molar-refractivity contribution is 7.92. The zero-order valence-corrected chi connectivity index (χ0v) is 9.35. The maximum atomic E-state index is 12.8. The molecule has 1 aromatic carbocycles. The summed E-state index contributed by atoms with van der Waals surface area (Å²) < 4.78 is 47.6. The Morgan fingerprint density at radius 2 is 1.88 bits per heavy atom. The molecule has 6 heteroatoms. The van der Waals surface area contributed by atoms with Crippen LogP contribution in [0.3, 0.4) is 0 Å². The Bertz CT molecular complexity index is 509. The van der Waals surface area contributed by atoms with Crippen LogP contribution in [0.2, 0.25) is 0 Å². The van der Waals surface area contributed by atoms with Crippen molar-refractivity contribution >= 4 is 15.6 Å². The molecule has 16 heavy (non-hydrogen) atoms. The Kier molecular flexibility index (Phi) is 3.74. The predicted molar refractivity (Wildman–Crippen MR) is 55.0 cm³/mol. The van der Waals surface area contributed by atoms with Crippen LogP contribution < -0.4 is 0 Å². The second-order valence-electron chi connectivity index (χ2n) is 3.23. The quantitative estimate of drug-likeness (QED) is 0.760. The van der Waals surface area contributed by atoms with E-state index in [-0.39, 0.29) is 11.3 Å². The molecule has 0 unspecified atom stereocenters. The minimum absolute atomic E-state index is 0.143. The molecule has 88 valence electrons. The zero-order valence-electron chi connectivity index (χ0n) is 8.54. The SMILES string of the molecule is CCS(=O)(=O)CC(=O)c1ccc(F)c(F)c1. The van der Waals surface area contributed by atoms with Gasteiger partial charge in [0.15, 0.2) is 27.3 Å². The average molecular weight is 248 g/mol. The molecule has 0 amide bonds. The Morgan fingerprint density at radius 3 is 2.38 bits per heavy atom. The third-order valence-electron chi connectivity index (χ3n) is 2.03. The number of ketones is 1. The lowest BCUT2D eigenvalue weighted by atomic mass is 10.1. The molecule has 0 atom stereocenters. The summed E-state index contributed by atoms with van der Waals surface area (Å²) in [6, 6.07) is 2.55. The Balaban J connectivity index is 2.94. The number of benzene rings is 1. The van der Waals surface area contributed by atoms with E-state index in [0.717, 1.165) is 12.1 Å². The van der Waals surface area contributed by atoms with E-state index in [0.29, 0.717) is 6.07 Å². The van der Waals surface area contributed by atoms with Gasteiger partial charge >= 0.3 is 0 Å². The topological polar surface area (TPSA) is 51.2 Å². The van der Waals surface area contributed by atoms with Crippen LogP contribution in [0.5, 0.6) is 0 Å². The molecule has 0 saturated carbocycles. The molecular formula is C10H10F2O3S. The van der Waals surface area contributed by atoms with Gasteiger partial charge in [0.1, 0.15) is 5.75 Å². The average Bonchev–Trinajstić information content (AvgIpc) is 2.21. The molecule has 3 nitrogen and oxygen atoms in total. The lowest BCUT2D eigenvalue weighted by Gasteiger charge is -2.01. The third kappa shape index (κ3) is 3.10. The van der Waals surface area contributed by atoms with Crippen molar-refractivity contribution in [2.24, 2.45) is 0 Å². The van der Waals surface area contributed by atoms with Crippen LogP contribution in [0.15, 0.2) is 18.2 Å². The maximum Gasteiger partial charge on any atom is 0.177 e. The molecule has 0 fully saturated rings. The van der Waals surface area contributed by atoms with E-state index in [2.05, 4.69) is 0 Å². The number of rotatable bonds is 4. The minimum atomic E-state index is -3.46. The van der Waals surface area contributed by atoms with Crippen molar-refractivity contribution in [3.05, 3.63) is 35.4 Å². The summed E-state index contributed by atoms with van der Waals surface area (Å²) in [6.45, 7) is 1.41. The van der Waals surface area contributed by atoms with Gasteiger partial charge in [-0.2, -0.15) is 0 Å². The van der Waals surface area contributed by atoms with Crippen molar-refractivity contribution in [2.45, 2.75) is 6.92 Å². The molecular weight excluding hydrogens is 238 g/mol. The monoisotopic (exact) mass is 248 g/mol. The number of halogens is 2. The lowest BCUT2D eigenvalue weighted by molar-refractivity contribution is 0.102. The molecule has 0 N–H and O–H groups in total. The molecule has 0 bridgehead atoms. The van der Waals surface area contributed by atoms with Crippen molar-refractivity contribution in [3.63, 3.8) is 0 Å². The van der Waals surface area contributed by atoms with Crippen molar-refractivity contribution in [1.82, 2.24) is 0 Å². The van der Waals surface area contributed by atoms with Gasteiger partial charge in [0.25, 0.3) is 0 Å². The lowest BCUT2D eigenvalue weighted by Crippen LogP contribution is -2.18. The number of sulfone groups is 1. The van der Waals surface area contributed by atoms with Gasteiger partial charge in [-0.05, 0) is 18.2 Å². The fourth-order valence-corrected chi connectivity index (χ4v) is 1.82. The van der Waals surface area contributed by atoms with Crippen molar-refractivity contribution < 1.29 is 22.0 Å². The van der Waals surface area contributed by atoms with Gasteiger partial charge in [-0.15, -0.1) is 0 Å². The van der Waals surface area contributed by atoms with E-state index in [4.69, 9.17) is 0 Å². The van der Waals surface area contributed by atoms with E-state index < -0.39 is 33.0 Å². The number of carbonyl (C=O) groups excluding carboxylic acids is 1. The summed E-state index contributed by atoms with van der Waals surface area (Å²) in [6.07, 6.45) is 0. The van der Waals surface area contributed by atoms with Crippen LogP contribution in [0.1, 0.15) is 17.3 Å². The Labute approximate surface area is 92.0 Å². The van der Waals surface area contributed by atoms with Gasteiger partial charge in [-0.1, -0.05) is 6.92 Å². The molecule has 0 radical (unpaired) electrons. The number of Topliss-reactive ketones (excluding diaryl/α,β-unsaturated/α-hetero) is 1. The van der Waals surface area contributed by atoms with E-state index in [9.17, 15) is 22.0 Å². The van der Waals surface area contributed by atoms with Gasteiger partial charge < -0.3 is 0 Å². The van der Waals surface area contributed by atoms with Crippen molar-refractivity contribution in [1.29, 1.82) is 0 Å². The van der Waals surface area contributed by atoms with Gasteiger partial charge in [0.2, 0.25) is 0 Å². The van der Waals surface area contributed by atoms with E-state index in [1.807, 2.05) is 0 Å². The molecule has 0 spiro atoms. The van der Waals surface area contributed by atoms with E-state index >= 15 is 0 Å². The highest BCUT2D eigenvalue weighted by Crippen LogP contribution is 2.10. The number of hydrogen-bond donors (Lipinski definition) is 0.